The summed E-state index contributed by atoms with van der Waals surface area (Å²) in [6, 6.07) is 9.30. The van der Waals surface area contributed by atoms with Crippen LogP contribution in [0.2, 0.25) is 0 Å². The summed E-state index contributed by atoms with van der Waals surface area (Å²) < 4.78 is 0. The van der Waals surface area contributed by atoms with Gasteiger partial charge in [-0.15, -0.1) is 12.4 Å². The molecule has 1 aliphatic heterocycles. The van der Waals surface area contributed by atoms with E-state index in [-0.39, 0.29) is 30.3 Å². The van der Waals surface area contributed by atoms with Crippen LogP contribution in [0.4, 0.5) is 5.69 Å². The summed E-state index contributed by atoms with van der Waals surface area (Å²) in [6.07, 6.45) is 3.23. The average Bonchev–Trinajstić information content (AvgIpc) is 3.28. The molecule has 1 saturated heterocycles. The van der Waals surface area contributed by atoms with E-state index in [9.17, 15) is 9.59 Å². The minimum absolute atomic E-state index is 0. The monoisotopic (exact) mass is 337 g/mol. The first-order valence-electron chi connectivity index (χ1n) is 7.99. The van der Waals surface area contributed by atoms with Crippen LogP contribution in [0.1, 0.15) is 19.3 Å². The van der Waals surface area contributed by atoms with Crippen molar-refractivity contribution in [2.75, 3.05) is 31.6 Å². The summed E-state index contributed by atoms with van der Waals surface area (Å²) in [7, 11) is 1.73. The molecule has 2 aliphatic rings. The van der Waals surface area contributed by atoms with E-state index < -0.39 is 0 Å². The zero-order valence-corrected chi connectivity index (χ0v) is 14.2. The number of amides is 2. The van der Waals surface area contributed by atoms with Gasteiger partial charge in [0.2, 0.25) is 11.8 Å². The molecule has 6 heteroatoms. The molecule has 0 radical (unpaired) electrons. The van der Waals surface area contributed by atoms with Gasteiger partial charge in [0.1, 0.15) is 6.04 Å². The van der Waals surface area contributed by atoms with Gasteiger partial charge in [0, 0.05) is 19.3 Å². The topological polar surface area (TPSA) is 52.7 Å². The summed E-state index contributed by atoms with van der Waals surface area (Å²) in [5, 5.41) is 3.19. The standard InChI is InChI=1S/C17H23N3O2.ClH/c1-19(16(21)12-18-11-13-7-8-13)15-9-10-20(17(15)22)14-5-3-2-4-6-14;/h2-6,13,15,18H,7-12H2,1H3;1H. The second-order valence-electron chi connectivity index (χ2n) is 6.21. The van der Waals surface area contributed by atoms with Crippen LogP contribution >= 0.6 is 12.4 Å². The number of nitrogens with one attached hydrogen (secondary N) is 1. The number of carbonyl (C=O) groups is 2. The fourth-order valence-electron chi connectivity index (χ4n) is 2.89. The second-order valence-corrected chi connectivity index (χ2v) is 6.21. The zero-order chi connectivity index (χ0) is 15.5. The number of nitrogens with zero attached hydrogens (tertiary/aromatic N) is 2. The number of hydrogen-bond acceptors (Lipinski definition) is 3. The molecule has 0 bridgehead atoms. The van der Waals surface area contributed by atoms with E-state index in [0.29, 0.717) is 19.5 Å². The van der Waals surface area contributed by atoms with Gasteiger partial charge in [-0.25, -0.2) is 0 Å². The lowest BCUT2D eigenvalue weighted by atomic mass is 10.2. The Hall–Kier alpha value is -1.59. The van der Waals surface area contributed by atoms with Crippen LogP contribution in [0.15, 0.2) is 30.3 Å². The highest BCUT2D eigenvalue weighted by Crippen LogP contribution is 2.27. The number of likely N-dealkylation sites (N-methyl/N-ethyl adjacent to an activating group) is 1. The van der Waals surface area contributed by atoms with Crippen LogP contribution in [-0.2, 0) is 9.59 Å². The van der Waals surface area contributed by atoms with Gasteiger partial charge in [-0.2, -0.15) is 0 Å². The van der Waals surface area contributed by atoms with Crippen LogP contribution < -0.4 is 10.2 Å². The summed E-state index contributed by atoms with van der Waals surface area (Å²) in [5.74, 6) is 0.762. The van der Waals surface area contributed by atoms with Gasteiger partial charge in [0.15, 0.2) is 0 Å². The van der Waals surface area contributed by atoms with Crippen LogP contribution in [0.25, 0.3) is 0 Å². The maximum Gasteiger partial charge on any atom is 0.249 e. The van der Waals surface area contributed by atoms with Crippen molar-refractivity contribution in [3.05, 3.63) is 30.3 Å². The number of anilines is 1. The van der Waals surface area contributed by atoms with Crippen molar-refractivity contribution in [2.45, 2.75) is 25.3 Å². The van der Waals surface area contributed by atoms with Gasteiger partial charge < -0.3 is 15.1 Å². The minimum Gasteiger partial charge on any atom is -0.333 e. The summed E-state index contributed by atoms with van der Waals surface area (Å²) in [4.78, 5) is 28.1. The molecular formula is C17H24ClN3O2. The molecular weight excluding hydrogens is 314 g/mol. The van der Waals surface area contributed by atoms with E-state index in [0.717, 1.165) is 18.2 Å². The Morgan fingerprint density at radius 2 is 1.96 bits per heavy atom. The maximum atomic E-state index is 12.6. The molecule has 1 heterocycles. The van der Waals surface area contributed by atoms with Crippen LogP contribution in [0.3, 0.4) is 0 Å². The Morgan fingerprint density at radius 3 is 2.61 bits per heavy atom. The van der Waals surface area contributed by atoms with E-state index >= 15 is 0 Å². The third-order valence-corrected chi connectivity index (χ3v) is 4.51. The number of benzene rings is 1. The molecule has 126 valence electrons. The van der Waals surface area contributed by atoms with Gasteiger partial charge in [-0.3, -0.25) is 9.59 Å². The maximum absolute atomic E-state index is 12.6. The first-order valence-corrected chi connectivity index (χ1v) is 7.99. The Bertz CT molecular complexity index is 548. The molecule has 1 aromatic rings. The fourth-order valence-corrected chi connectivity index (χ4v) is 2.89. The minimum atomic E-state index is -0.338. The van der Waals surface area contributed by atoms with E-state index in [2.05, 4.69) is 5.32 Å². The van der Waals surface area contributed by atoms with E-state index in [1.54, 1.807) is 16.8 Å². The van der Waals surface area contributed by atoms with E-state index in [4.69, 9.17) is 0 Å². The summed E-state index contributed by atoms with van der Waals surface area (Å²) in [5.41, 5.74) is 0.905. The van der Waals surface area contributed by atoms with Crippen LogP contribution in [-0.4, -0.2) is 49.4 Å². The first kappa shape index (κ1) is 17.8. The molecule has 3 rings (SSSR count). The molecule has 2 fully saturated rings. The Balaban J connectivity index is 0.00000192. The summed E-state index contributed by atoms with van der Waals surface area (Å²) in [6.45, 7) is 1.90. The largest absolute Gasteiger partial charge is 0.333 e. The lowest BCUT2D eigenvalue weighted by Crippen LogP contribution is -2.46. The average molecular weight is 338 g/mol. The van der Waals surface area contributed by atoms with Crippen LogP contribution in [0, 0.1) is 5.92 Å². The molecule has 5 nitrogen and oxygen atoms in total. The molecule has 1 N–H and O–H groups in total. The van der Waals surface area contributed by atoms with Crippen molar-refractivity contribution >= 4 is 29.9 Å². The number of hydrogen-bond donors (Lipinski definition) is 1. The van der Waals surface area contributed by atoms with Crippen molar-refractivity contribution in [1.29, 1.82) is 0 Å². The smallest absolute Gasteiger partial charge is 0.249 e. The zero-order valence-electron chi connectivity index (χ0n) is 13.4. The van der Waals surface area contributed by atoms with Gasteiger partial charge in [-0.1, -0.05) is 18.2 Å². The molecule has 1 aromatic carbocycles. The number of rotatable bonds is 6. The SMILES string of the molecule is CN(C(=O)CNCC1CC1)C1CCN(c2ccccc2)C1=O.Cl. The molecule has 1 saturated carbocycles. The molecule has 0 aromatic heterocycles. The van der Waals surface area contributed by atoms with Crippen molar-refractivity contribution in [3.8, 4) is 0 Å². The lowest BCUT2D eigenvalue weighted by Gasteiger charge is -2.24. The molecule has 1 unspecified atom stereocenters. The fraction of sp³-hybridized carbons (Fsp3) is 0.529. The Morgan fingerprint density at radius 1 is 1.26 bits per heavy atom. The van der Waals surface area contributed by atoms with Crippen molar-refractivity contribution in [2.24, 2.45) is 5.92 Å². The summed E-state index contributed by atoms with van der Waals surface area (Å²) >= 11 is 0. The molecule has 1 atom stereocenters. The number of carbonyl (C=O) groups excluding carboxylic acids is 2. The van der Waals surface area contributed by atoms with Gasteiger partial charge in [0.05, 0.1) is 6.54 Å². The third-order valence-electron chi connectivity index (χ3n) is 4.51. The number of halogens is 1. The molecule has 1 aliphatic carbocycles. The predicted molar refractivity (Wildman–Crippen MR) is 92.8 cm³/mol. The molecule has 23 heavy (non-hydrogen) atoms. The van der Waals surface area contributed by atoms with Crippen molar-refractivity contribution in [1.82, 2.24) is 10.2 Å². The highest BCUT2D eigenvalue weighted by atomic mass is 35.5. The lowest BCUT2D eigenvalue weighted by molar-refractivity contribution is -0.135. The van der Waals surface area contributed by atoms with Gasteiger partial charge in [-0.05, 0) is 43.9 Å². The third kappa shape index (κ3) is 4.24. The quantitative estimate of drug-likeness (QED) is 0.859. The molecule has 2 amide bonds. The van der Waals surface area contributed by atoms with E-state index in [1.807, 2.05) is 30.3 Å². The van der Waals surface area contributed by atoms with Gasteiger partial charge >= 0.3 is 0 Å². The van der Waals surface area contributed by atoms with E-state index in [1.165, 1.54) is 12.8 Å². The normalized spacial score (nSPS) is 20.3. The van der Waals surface area contributed by atoms with Crippen molar-refractivity contribution in [3.63, 3.8) is 0 Å². The van der Waals surface area contributed by atoms with Crippen molar-refractivity contribution < 1.29 is 9.59 Å². The highest BCUT2D eigenvalue weighted by Gasteiger charge is 2.36. The number of para-hydroxylation sites is 1. The van der Waals surface area contributed by atoms with Gasteiger partial charge in [0.25, 0.3) is 0 Å². The second kappa shape index (κ2) is 7.79. The highest BCUT2D eigenvalue weighted by molar-refractivity contribution is 6.01. The predicted octanol–water partition coefficient (Wildman–Crippen LogP) is 1.67. The van der Waals surface area contributed by atoms with Crippen LogP contribution in [0.5, 0.6) is 0 Å². The Labute approximate surface area is 143 Å². The Kier molecular flexibility index (Phi) is 6.02. The molecule has 0 spiro atoms. The first-order chi connectivity index (χ1) is 10.7.